The van der Waals surface area contributed by atoms with E-state index in [9.17, 15) is 4.79 Å². The van der Waals surface area contributed by atoms with Crippen LogP contribution in [0.2, 0.25) is 0 Å². The van der Waals surface area contributed by atoms with Crippen molar-refractivity contribution in [1.82, 2.24) is 4.98 Å². The van der Waals surface area contributed by atoms with Crippen LogP contribution in [0.3, 0.4) is 0 Å². The van der Waals surface area contributed by atoms with Crippen LogP contribution in [-0.2, 0) is 0 Å². The topological polar surface area (TPSA) is 39.2 Å². The number of nitrogens with zero attached hydrogens (tertiary/aromatic N) is 1. The molecule has 3 heteroatoms. The number of carbonyl (C=O) groups excluding carboxylic acids is 1. The van der Waals surface area contributed by atoms with Gasteiger partial charge < -0.3 is 4.74 Å². The first-order valence-corrected chi connectivity index (χ1v) is 5.90. The zero-order chi connectivity index (χ0) is 13.0. The molecule has 92 valence electrons. The number of carbonyl (C=O) groups is 1. The van der Waals surface area contributed by atoms with Gasteiger partial charge in [0.2, 0.25) is 0 Å². The van der Waals surface area contributed by atoms with E-state index in [-0.39, 0.29) is 5.78 Å². The van der Waals surface area contributed by atoms with Gasteiger partial charge in [-0.25, -0.2) is 0 Å². The van der Waals surface area contributed by atoms with Crippen LogP contribution in [0.1, 0.15) is 24.2 Å². The number of pyridine rings is 1. The van der Waals surface area contributed by atoms with Gasteiger partial charge in [-0.3, -0.25) is 9.78 Å². The van der Waals surface area contributed by atoms with Crippen molar-refractivity contribution >= 4 is 5.78 Å². The van der Waals surface area contributed by atoms with Crippen LogP contribution in [0, 0.1) is 0 Å². The van der Waals surface area contributed by atoms with Crippen LogP contribution >= 0.6 is 0 Å². The van der Waals surface area contributed by atoms with Crippen LogP contribution in [0.4, 0.5) is 0 Å². The first kappa shape index (κ1) is 12.3. The fourth-order valence-electron chi connectivity index (χ4n) is 1.72. The van der Waals surface area contributed by atoms with Crippen molar-refractivity contribution in [2.24, 2.45) is 0 Å². The summed E-state index contributed by atoms with van der Waals surface area (Å²) >= 11 is 0. The number of hydrogen-bond donors (Lipinski definition) is 0. The maximum absolute atomic E-state index is 11.2. The summed E-state index contributed by atoms with van der Waals surface area (Å²) in [7, 11) is 0. The minimum atomic E-state index is 0.0720. The Morgan fingerprint density at radius 1 is 1.17 bits per heavy atom. The van der Waals surface area contributed by atoms with Crippen LogP contribution < -0.4 is 4.74 Å². The molecule has 1 heterocycles. The summed E-state index contributed by atoms with van der Waals surface area (Å²) in [5, 5.41) is 0. The molecule has 0 aliphatic heterocycles. The van der Waals surface area contributed by atoms with Gasteiger partial charge in [-0.1, -0.05) is 24.3 Å². The van der Waals surface area contributed by atoms with E-state index in [1.54, 1.807) is 19.3 Å². The SMILES string of the molecule is CCOc1cncc(-c2ccc(C(C)=O)cc2)c1. The van der Waals surface area contributed by atoms with E-state index in [1.807, 2.05) is 37.3 Å². The highest BCUT2D eigenvalue weighted by atomic mass is 16.5. The highest BCUT2D eigenvalue weighted by molar-refractivity contribution is 5.94. The Kier molecular flexibility index (Phi) is 3.72. The van der Waals surface area contributed by atoms with Gasteiger partial charge in [-0.05, 0) is 25.5 Å². The molecule has 0 saturated heterocycles. The van der Waals surface area contributed by atoms with Crippen LogP contribution in [0.5, 0.6) is 5.75 Å². The second kappa shape index (κ2) is 5.45. The van der Waals surface area contributed by atoms with Crippen molar-refractivity contribution in [3.8, 4) is 16.9 Å². The number of ketones is 1. The quantitative estimate of drug-likeness (QED) is 0.770. The third-order valence-electron chi connectivity index (χ3n) is 2.65. The molecule has 0 bridgehead atoms. The zero-order valence-electron chi connectivity index (χ0n) is 10.5. The highest BCUT2D eigenvalue weighted by Gasteiger charge is 2.03. The van der Waals surface area contributed by atoms with Crippen molar-refractivity contribution in [1.29, 1.82) is 0 Å². The second-order valence-corrected chi connectivity index (χ2v) is 3.98. The molecule has 0 spiro atoms. The number of aromatic nitrogens is 1. The van der Waals surface area contributed by atoms with Gasteiger partial charge in [-0.2, -0.15) is 0 Å². The van der Waals surface area contributed by atoms with Crippen LogP contribution in [0.25, 0.3) is 11.1 Å². The van der Waals surface area contributed by atoms with Gasteiger partial charge in [0.05, 0.1) is 12.8 Å². The summed E-state index contributed by atoms with van der Waals surface area (Å²) < 4.78 is 5.41. The average Bonchev–Trinajstić information content (AvgIpc) is 2.39. The molecule has 0 amide bonds. The van der Waals surface area contributed by atoms with Crippen molar-refractivity contribution in [3.05, 3.63) is 48.3 Å². The van der Waals surface area contributed by atoms with E-state index >= 15 is 0 Å². The van der Waals surface area contributed by atoms with E-state index in [0.29, 0.717) is 12.2 Å². The Morgan fingerprint density at radius 2 is 1.89 bits per heavy atom. The molecule has 0 N–H and O–H groups in total. The fraction of sp³-hybridized carbons (Fsp3) is 0.200. The molecule has 1 aromatic carbocycles. The van der Waals surface area contributed by atoms with Gasteiger partial charge in [0, 0.05) is 17.3 Å². The lowest BCUT2D eigenvalue weighted by Crippen LogP contribution is -1.93. The largest absolute Gasteiger partial charge is 0.492 e. The third kappa shape index (κ3) is 2.74. The molecular formula is C15H15NO2. The minimum absolute atomic E-state index is 0.0720. The predicted octanol–water partition coefficient (Wildman–Crippen LogP) is 3.35. The first-order valence-electron chi connectivity index (χ1n) is 5.90. The molecule has 2 aromatic rings. The molecule has 0 atom stereocenters. The van der Waals surface area contributed by atoms with E-state index < -0.39 is 0 Å². The molecule has 0 radical (unpaired) electrons. The Labute approximate surface area is 106 Å². The monoisotopic (exact) mass is 241 g/mol. The highest BCUT2D eigenvalue weighted by Crippen LogP contribution is 2.23. The smallest absolute Gasteiger partial charge is 0.159 e. The Bertz CT molecular complexity index is 547. The minimum Gasteiger partial charge on any atom is -0.492 e. The maximum Gasteiger partial charge on any atom is 0.159 e. The van der Waals surface area contributed by atoms with Gasteiger partial charge >= 0.3 is 0 Å². The van der Waals surface area contributed by atoms with Gasteiger partial charge in [0.1, 0.15) is 5.75 Å². The molecule has 1 aromatic heterocycles. The van der Waals surface area contributed by atoms with Crippen molar-refractivity contribution in [2.45, 2.75) is 13.8 Å². The van der Waals surface area contributed by atoms with Crippen LogP contribution in [0.15, 0.2) is 42.7 Å². The van der Waals surface area contributed by atoms with Crippen molar-refractivity contribution in [2.75, 3.05) is 6.61 Å². The number of Topliss-reactive ketones (excluding diaryl/α,β-unsaturated/α-hetero) is 1. The maximum atomic E-state index is 11.2. The summed E-state index contributed by atoms with van der Waals surface area (Å²) in [5.74, 6) is 0.827. The van der Waals surface area contributed by atoms with Gasteiger partial charge in [0.25, 0.3) is 0 Å². The Hall–Kier alpha value is -2.16. The Morgan fingerprint density at radius 3 is 2.50 bits per heavy atom. The molecule has 0 saturated carbocycles. The summed E-state index contributed by atoms with van der Waals surface area (Å²) in [6, 6.07) is 9.43. The predicted molar refractivity (Wildman–Crippen MR) is 70.8 cm³/mol. The molecule has 0 unspecified atom stereocenters. The second-order valence-electron chi connectivity index (χ2n) is 3.98. The molecule has 0 aliphatic rings. The molecule has 3 nitrogen and oxygen atoms in total. The average molecular weight is 241 g/mol. The number of ether oxygens (including phenoxy) is 1. The third-order valence-corrected chi connectivity index (χ3v) is 2.65. The van der Waals surface area contributed by atoms with E-state index in [0.717, 1.165) is 16.9 Å². The molecule has 2 rings (SSSR count). The summed E-state index contributed by atoms with van der Waals surface area (Å²) in [4.78, 5) is 15.3. The first-order chi connectivity index (χ1) is 8.70. The summed E-state index contributed by atoms with van der Waals surface area (Å²) in [5.41, 5.74) is 2.72. The normalized spacial score (nSPS) is 10.1. The lowest BCUT2D eigenvalue weighted by atomic mass is 10.0. The number of hydrogen-bond acceptors (Lipinski definition) is 3. The number of rotatable bonds is 4. The van der Waals surface area contributed by atoms with E-state index in [1.165, 1.54) is 0 Å². The Balaban J connectivity index is 2.30. The molecule has 0 aliphatic carbocycles. The van der Waals surface area contributed by atoms with Gasteiger partial charge in [-0.15, -0.1) is 0 Å². The summed E-state index contributed by atoms with van der Waals surface area (Å²) in [6.07, 6.45) is 3.47. The molecular weight excluding hydrogens is 226 g/mol. The molecule has 0 fully saturated rings. The summed E-state index contributed by atoms with van der Waals surface area (Å²) in [6.45, 7) is 4.12. The molecule has 18 heavy (non-hydrogen) atoms. The number of benzene rings is 1. The fourth-order valence-corrected chi connectivity index (χ4v) is 1.72. The standard InChI is InChI=1S/C15H15NO2/c1-3-18-15-8-14(9-16-10-15)13-6-4-12(5-7-13)11(2)17/h4-10H,3H2,1-2H3. The van der Waals surface area contributed by atoms with Crippen molar-refractivity contribution < 1.29 is 9.53 Å². The van der Waals surface area contributed by atoms with E-state index in [2.05, 4.69) is 4.98 Å². The zero-order valence-corrected chi connectivity index (χ0v) is 10.5. The van der Waals surface area contributed by atoms with E-state index in [4.69, 9.17) is 4.74 Å². The lowest BCUT2D eigenvalue weighted by Gasteiger charge is -2.06. The van der Waals surface area contributed by atoms with Gasteiger partial charge in [0.15, 0.2) is 5.78 Å². The van der Waals surface area contributed by atoms with Crippen LogP contribution in [-0.4, -0.2) is 17.4 Å². The lowest BCUT2D eigenvalue weighted by molar-refractivity contribution is 0.101. The van der Waals surface area contributed by atoms with Crippen molar-refractivity contribution in [3.63, 3.8) is 0 Å².